The van der Waals surface area contributed by atoms with Gasteiger partial charge in [0, 0.05) is 25.4 Å². The van der Waals surface area contributed by atoms with E-state index in [2.05, 4.69) is 5.10 Å². The Morgan fingerprint density at radius 1 is 1.42 bits per heavy atom. The molecular formula is C16H16FN3O4. The molecule has 2 heterocycles. The highest BCUT2D eigenvalue weighted by molar-refractivity contribution is 5.96. The molecule has 1 fully saturated rings. The number of morpholine rings is 1. The predicted molar refractivity (Wildman–Crippen MR) is 81.2 cm³/mol. The fraction of sp³-hybridized carbons (Fsp3) is 0.312. The summed E-state index contributed by atoms with van der Waals surface area (Å²) < 4.78 is 21.4. The molecule has 1 N–H and O–H groups in total. The van der Waals surface area contributed by atoms with Crippen LogP contribution >= 0.6 is 0 Å². The van der Waals surface area contributed by atoms with Crippen LogP contribution in [0.25, 0.3) is 0 Å². The lowest BCUT2D eigenvalue weighted by Crippen LogP contribution is -2.42. The van der Waals surface area contributed by atoms with E-state index in [4.69, 9.17) is 9.84 Å². The number of carbonyl (C=O) groups excluding carboxylic acids is 1. The fourth-order valence-corrected chi connectivity index (χ4v) is 2.63. The first-order valence-corrected chi connectivity index (χ1v) is 7.38. The summed E-state index contributed by atoms with van der Waals surface area (Å²) in [6, 6.07) is 3.28. The number of carboxylic acid groups (broad SMARTS) is 1. The quantitative estimate of drug-likeness (QED) is 0.919. The van der Waals surface area contributed by atoms with E-state index in [1.807, 2.05) is 0 Å². The van der Waals surface area contributed by atoms with Gasteiger partial charge < -0.3 is 14.7 Å². The predicted octanol–water partition coefficient (Wildman–Crippen LogP) is 1.47. The lowest BCUT2D eigenvalue weighted by atomic mass is 10.1. The number of benzene rings is 1. The maximum Gasteiger partial charge on any atom is 0.335 e. The molecule has 7 nitrogen and oxygen atoms in total. The first-order chi connectivity index (χ1) is 11.5. The number of aryl methyl sites for hydroxylation is 1. The first-order valence-electron chi connectivity index (χ1n) is 7.38. The summed E-state index contributed by atoms with van der Waals surface area (Å²) >= 11 is 0. The summed E-state index contributed by atoms with van der Waals surface area (Å²) in [5, 5.41) is 12.9. The van der Waals surface area contributed by atoms with Crippen molar-refractivity contribution in [2.45, 2.75) is 6.10 Å². The van der Waals surface area contributed by atoms with Crippen LogP contribution in [0, 0.1) is 5.82 Å². The highest BCUT2D eigenvalue weighted by atomic mass is 19.1. The summed E-state index contributed by atoms with van der Waals surface area (Å²) in [5.41, 5.74) is 0.503. The van der Waals surface area contributed by atoms with E-state index in [1.165, 1.54) is 17.0 Å². The average molecular weight is 333 g/mol. The van der Waals surface area contributed by atoms with Gasteiger partial charge in [0.2, 0.25) is 0 Å². The third-order valence-electron chi connectivity index (χ3n) is 3.90. The fourth-order valence-electron chi connectivity index (χ4n) is 2.63. The molecule has 1 atom stereocenters. The Hall–Kier alpha value is -2.74. The van der Waals surface area contributed by atoms with Crippen molar-refractivity contribution in [1.82, 2.24) is 14.7 Å². The minimum atomic E-state index is -1.24. The second kappa shape index (κ2) is 6.40. The van der Waals surface area contributed by atoms with Crippen LogP contribution in [-0.4, -0.2) is 51.4 Å². The minimum absolute atomic E-state index is 0.146. The maximum absolute atomic E-state index is 14.1. The number of rotatable bonds is 3. The van der Waals surface area contributed by atoms with E-state index in [0.29, 0.717) is 13.2 Å². The van der Waals surface area contributed by atoms with Crippen LogP contribution in [0.4, 0.5) is 4.39 Å². The Kier molecular flexibility index (Phi) is 4.30. The molecule has 0 saturated carbocycles. The van der Waals surface area contributed by atoms with Crippen LogP contribution in [-0.2, 0) is 11.8 Å². The molecule has 1 aliphatic heterocycles. The third kappa shape index (κ3) is 3.13. The van der Waals surface area contributed by atoms with Crippen LogP contribution in [0.3, 0.4) is 0 Å². The van der Waals surface area contributed by atoms with Gasteiger partial charge in [0.1, 0.15) is 11.9 Å². The molecule has 24 heavy (non-hydrogen) atoms. The summed E-state index contributed by atoms with van der Waals surface area (Å²) in [6.45, 7) is 0.959. The van der Waals surface area contributed by atoms with Crippen LogP contribution in [0.15, 0.2) is 30.6 Å². The van der Waals surface area contributed by atoms with Crippen LogP contribution in [0.5, 0.6) is 0 Å². The number of halogens is 1. The van der Waals surface area contributed by atoms with E-state index >= 15 is 0 Å². The first kappa shape index (κ1) is 16.1. The van der Waals surface area contributed by atoms with Gasteiger partial charge in [-0.05, 0) is 18.2 Å². The van der Waals surface area contributed by atoms with E-state index in [-0.39, 0.29) is 23.8 Å². The van der Waals surface area contributed by atoms with Crippen molar-refractivity contribution in [3.63, 3.8) is 0 Å². The molecule has 126 valence electrons. The molecule has 0 radical (unpaired) electrons. The molecule has 1 aliphatic rings. The van der Waals surface area contributed by atoms with Gasteiger partial charge in [-0.15, -0.1) is 0 Å². The van der Waals surface area contributed by atoms with E-state index in [0.717, 1.165) is 11.6 Å². The van der Waals surface area contributed by atoms with Crippen LogP contribution in [0.1, 0.15) is 32.4 Å². The van der Waals surface area contributed by atoms with Crippen molar-refractivity contribution < 1.29 is 23.8 Å². The van der Waals surface area contributed by atoms with Gasteiger partial charge in [0.15, 0.2) is 0 Å². The van der Waals surface area contributed by atoms with Gasteiger partial charge in [-0.2, -0.15) is 5.10 Å². The largest absolute Gasteiger partial charge is 0.478 e. The third-order valence-corrected chi connectivity index (χ3v) is 3.90. The lowest BCUT2D eigenvalue weighted by molar-refractivity contribution is -0.0230. The molecule has 1 aromatic carbocycles. The van der Waals surface area contributed by atoms with Crippen molar-refractivity contribution in [3.05, 3.63) is 53.1 Å². The van der Waals surface area contributed by atoms with Gasteiger partial charge in [-0.25, -0.2) is 9.18 Å². The van der Waals surface area contributed by atoms with Crippen molar-refractivity contribution in [3.8, 4) is 0 Å². The number of hydrogen-bond donors (Lipinski definition) is 1. The van der Waals surface area contributed by atoms with Crippen molar-refractivity contribution >= 4 is 11.9 Å². The van der Waals surface area contributed by atoms with Gasteiger partial charge in [0.05, 0.1) is 30.5 Å². The molecule has 1 amide bonds. The molecule has 0 spiro atoms. The van der Waals surface area contributed by atoms with Crippen LogP contribution in [0.2, 0.25) is 0 Å². The molecule has 8 heteroatoms. The smallest absolute Gasteiger partial charge is 0.335 e. The molecule has 1 unspecified atom stereocenters. The summed E-state index contributed by atoms with van der Waals surface area (Å²) in [5.74, 6) is -2.57. The second-order valence-electron chi connectivity index (χ2n) is 5.56. The van der Waals surface area contributed by atoms with E-state index in [1.54, 1.807) is 24.1 Å². The van der Waals surface area contributed by atoms with E-state index < -0.39 is 17.7 Å². The molecular weight excluding hydrogens is 317 g/mol. The molecule has 1 saturated heterocycles. The van der Waals surface area contributed by atoms with Crippen LogP contribution < -0.4 is 0 Å². The zero-order chi connectivity index (χ0) is 17.3. The number of hydrogen-bond acceptors (Lipinski definition) is 4. The molecule has 1 aromatic heterocycles. The van der Waals surface area contributed by atoms with Gasteiger partial charge in [-0.1, -0.05) is 0 Å². The Balaban J connectivity index is 1.78. The Bertz CT molecular complexity index is 789. The number of ether oxygens (including phenoxy) is 1. The zero-order valence-corrected chi connectivity index (χ0v) is 13.0. The number of carboxylic acids is 1. The SMILES string of the molecule is Cn1cc(C2CN(C(=O)c3ccc(C(=O)O)cc3F)CCO2)cn1. The number of amides is 1. The van der Waals surface area contributed by atoms with Gasteiger partial charge in [0.25, 0.3) is 5.91 Å². The molecule has 3 rings (SSSR count). The summed E-state index contributed by atoms with van der Waals surface area (Å²) in [4.78, 5) is 24.9. The highest BCUT2D eigenvalue weighted by Crippen LogP contribution is 2.23. The highest BCUT2D eigenvalue weighted by Gasteiger charge is 2.28. The Labute approximate surface area is 137 Å². The summed E-state index contributed by atoms with van der Waals surface area (Å²) in [6.07, 6.45) is 3.15. The van der Waals surface area contributed by atoms with Crippen molar-refractivity contribution in [2.75, 3.05) is 19.7 Å². The van der Waals surface area contributed by atoms with E-state index in [9.17, 15) is 14.0 Å². The van der Waals surface area contributed by atoms with Crippen molar-refractivity contribution in [2.24, 2.45) is 7.05 Å². The van der Waals surface area contributed by atoms with Crippen molar-refractivity contribution in [1.29, 1.82) is 0 Å². The maximum atomic E-state index is 14.1. The topological polar surface area (TPSA) is 84.7 Å². The standard InChI is InChI=1S/C16H16FN3O4/c1-19-8-11(7-18-19)14-9-20(4-5-24-14)15(21)12-3-2-10(16(22)23)6-13(12)17/h2-3,6-8,14H,4-5,9H2,1H3,(H,22,23). The number of aromatic carboxylic acids is 1. The molecule has 0 aliphatic carbocycles. The summed E-state index contributed by atoms with van der Waals surface area (Å²) in [7, 11) is 1.79. The van der Waals surface area contributed by atoms with Gasteiger partial charge >= 0.3 is 5.97 Å². The zero-order valence-electron chi connectivity index (χ0n) is 13.0. The average Bonchev–Trinajstić information content (AvgIpc) is 3.01. The Morgan fingerprint density at radius 2 is 2.21 bits per heavy atom. The normalized spacial score (nSPS) is 17.8. The van der Waals surface area contributed by atoms with Gasteiger partial charge in [-0.3, -0.25) is 9.48 Å². The number of nitrogens with zero attached hydrogens (tertiary/aromatic N) is 3. The molecule has 2 aromatic rings. The monoisotopic (exact) mass is 333 g/mol. The minimum Gasteiger partial charge on any atom is -0.478 e. The number of aromatic nitrogens is 2. The number of carbonyl (C=O) groups is 2. The Morgan fingerprint density at radius 3 is 2.83 bits per heavy atom. The second-order valence-corrected chi connectivity index (χ2v) is 5.56. The lowest BCUT2D eigenvalue weighted by Gasteiger charge is -2.32. The molecule has 0 bridgehead atoms.